The predicted octanol–water partition coefficient (Wildman–Crippen LogP) is 2.37. The molecule has 3 aromatic rings. The zero-order valence-corrected chi connectivity index (χ0v) is 11.4. The Labute approximate surface area is 120 Å². The molecule has 21 heavy (non-hydrogen) atoms. The molecule has 0 spiro atoms. The molecular formula is C14H13N5O2. The van der Waals surface area contributed by atoms with Crippen molar-refractivity contribution in [3.05, 3.63) is 58.5 Å². The standard InChI is InChI=1S/C14H13N5O2/c1-3-11-14-12(5-4-6-13(14)19(20)21)18(16-11)9-10-7-8-17(2)15-10/h3-8H,1,9H2,2H3. The number of nitrogens with zero attached hydrogens (tertiary/aromatic N) is 5. The van der Waals surface area contributed by atoms with Crippen LogP contribution in [0.3, 0.4) is 0 Å². The Morgan fingerprint density at radius 1 is 1.38 bits per heavy atom. The van der Waals surface area contributed by atoms with Crippen molar-refractivity contribution in [2.24, 2.45) is 7.05 Å². The third-order valence-corrected chi connectivity index (χ3v) is 3.25. The number of hydrogen-bond acceptors (Lipinski definition) is 4. The molecule has 0 fully saturated rings. The second-order valence-electron chi connectivity index (χ2n) is 4.66. The van der Waals surface area contributed by atoms with Gasteiger partial charge in [0.1, 0.15) is 5.39 Å². The summed E-state index contributed by atoms with van der Waals surface area (Å²) < 4.78 is 3.42. The molecule has 0 aliphatic heterocycles. The first kappa shape index (κ1) is 13.0. The molecule has 0 saturated carbocycles. The molecule has 0 amide bonds. The van der Waals surface area contributed by atoms with Crippen LogP contribution in [0.1, 0.15) is 11.4 Å². The van der Waals surface area contributed by atoms with Gasteiger partial charge in [-0.2, -0.15) is 10.2 Å². The summed E-state index contributed by atoms with van der Waals surface area (Å²) in [5, 5.41) is 20.4. The zero-order chi connectivity index (χ0) is 15.0. The SMILES string of the molecule is C=Cc1nn(Cc2ccn(C)n2)c2cccc([N+](=O)[O-])c12. The van der Waals surface area contributed by atoms with Gasteiger partial charge in [0.05, 0.1) is 28.4 Å². The summed E-state index contributed by atoms with van der Waals surface area (Å²) in [7, 11) is 1.84. The van der Waals surface area contributed by atoms with Crippen LogP contribution < -0.4 is 0 Å². The maximum absolute atomic E-state index is 11.2. The van der Waals surface area contributed by atoms with Gasteiger partial charge in [0, 0.05) is 19.3 Å². The van der Waals surface area contributed by atoms with Crippen LogP contribution in [-0.4, -0.2) is 24.5 Å². The molecule has 106 valence electrons. The highest BCUT2D eigenvalue weighted by atomic mass is 16.6. The number of aromatic nitrogens is 4. The van der Waals surface area contributed by atoms with Gasteiger partial charge in [0.15, 0.2) is 0 Å². The van der Waals surface area contributed by atoms with Crippen LogP contribution in [0.4, 0.5) is 5.69 Å². The molecule has 0 saturated heterocycles. The predicted molar refractivity (Wildman–Crippen MR) is 78.8 cm³/mol. The van der Waals surface area contributed by atoms with Crippen molar-refractivity contribution in [2.45, 2.75) is 6.54 Å². The van der Waals surface area contributed by atoms with Crippen LogP contribution in [0.15, 0.2) is 37.0 Å². The lowest BCUT2D eigenvalue weighted by molar-refractivity contribution is -0.383. The number of nitro groups is 1. The highest BCUT2D eigenvalue weighted by Crippen LogP contribution is 2.29. The van der Waals surface area contributed by atoms with Gasteiger partial charge in [-0.15, -0.1) is 0 Å². The normalized spacial score (nSPS) is 10.9. The number of non-ortho nitro benzene ring substituents is 1. The van der Waals surface area contributed by atoms with E-state index >= 15 is 0 Å². The van der Waals surface area contributed by atoms with Gasteiger partial charge in [-0.05, 0) is 18.2 Å². The van der Waals surface area contributed by atoms with Gasteiger partial charge < -0.3 is 0 Å². The largest absolute Gasteiger partial charge is 0.281 e. The second kappa shape index (κ2) is 4.86. The molecule has 0 aliphatic rings. The Kier molecular flexibility index (Phi) is 3.02. The Morgan fingerprint density at radius 3 is 2.81 bits per heavy atom. The fourth-order valence-corrected chi connectivity index (χ4v) is 2.36. The second-order valence-corrected chi connectivity index (χ2v) is 4.66. The molecule has 3 rings (SSSR count). The molecular weight excluding hydrogens is 270 g/mol. The summed E-state index contributed by atoms with van der Waals surface area (Å²) in [6, 6.07) is 6.83. The Balaban J connectivity index is 2.18. The zero-order valence-electron chi connectivity index (χ0n) is 11.4. The molecule has 1 aromatic carbocycles. The molecule has 2 aromatic heterocycles. The molecule has 2 heterocycles. The molecule has 7 nitrogen and oxygen atoms in total. The Hall–Kier alpha value is -2.96. The summed E-state index contributed by atoms with van der Waals surface area (Å²) in [6.07, 6.45) is 3.38. The molecule has 0 atom stereocenters. The Bertz CT molecular complexity index is 846. The quantitative estimate of drug-likeness (QED) is 0.544. The molecule has 0 radical (unpaired) electrons. The van der Waals surface area contributed by atoms with Crippen LogP contribution in [0.2, 0.25) is 0 Å². The summed E-state index contributed by atoms with van der Waals surface area (Å²) in [6.45, 7) is 4.14. The van der Waals surface area contributed by atoms with E-state index in [2.05, 4.69) is 16.8 Å². The van der Waals surface area contributed by atoms with Gasteiger partial charge in [-0.25, -0.2) is 0 Å². The number of fused-ring (bicyclic) bond motifs is 1. The van der Waals surface area contributed by atoms with E-state index in [1.807, 2.05) is 25.4 Å². The maximum Gasteiger partial charge on any atom is 0.281 e. The van der Waals surface area contributed by atoms with Crippen molar-refractivity contribution in [2.75, 3.05) is 0 Å². The van der Waals surface area contributed by atoms with E-state index in [4.69, 9.17) is 0 Å². The summed E-state index contributed by atoms with van der Waals surface area (Å²) >= 11 is 0. The molecule has 0 aliphatic carbocycles. The molecule has 0 unspecified atom stereocenters. The average molecular weight is 283 g/mol. The van der Waals surface area contributed by atoms with Crippen molar-refractivity contribution in [1.29, 1.82) is 0 Å². The van der Waals surface area contributed by atoms with E-state index in [0.717, 1.165) is 5.69 Å². The van der Waals surface area contributed by atoms with Crippen LogP contribution in [0.25, 0.3) is 17.0 Å². The Morgan fingerprint density at radius 2 is 2.19 bits per heavy atom. The van der Waals surface area contributed by atoms with Crippen molar-refractivity contribution < 1.29 is 4.92 Å². The maximum atomic E-state index is 11.2. The van der Waals surface area contributed by atoms with E-state index < -0.39 is 4.92 Å². The first-order valence-corrected chi connectivity index (χ1v) is 6.35. The number of aryl methyl sites for hydroxylation is 1. The van der Waals surface area contributed by atoms with E-state index in [-0.39, 0.29) is 5.69 Å². The van der Waals surface area contributed by atoms with E-state index in [9.17, 15) is 10.1 Å². The lowest BCUT2D eigenvalue weighted by Crippen LogP contribution is -2.03. The fraction of sp³-hybridized carbons (Fsp3) is 0.143. The number of hydrogen-bond donors (Lipinski definition) is 0. The third-order valence-electron chi connectivity index (χ3n) is 3.25. The van der Waals surface area contributed by atoms with E-state index in [0.29, 0.717) is 23.1 Å². The van der Waals surface area contributed by atoms with Gasteiger partial charge >= 0.3 is 0 Å². The summed E-state index contributed by atoms with van der Waals surface area (Å²) in [5.74, 6) is 0. The smallest absolute Gasteiger partial charge is 0.275 e. The monoisotopic (exact) mass is 283 g/mol. The van der Waals surface area contributed by atoms with Gasteiger partial charge in [0.2, 0.25) is 0 Å². The number of benzene rings is 1. The number of nitro benzene ring substituents is 1. The van der Waals surface area contributed by atoms with Crippen LogP contribution in [-0.2, 0) is 13.6 Å². The van der Waals surface area contributed by atoms with Crippen molar-refractivity contribution in [1.82, 2.24) is 19.6 Å². The third kappa shape index (κ3) is 2.18. The molecule has 0 N–H and O–H groups in total. The number of rotatable bonds is 4. The van der Waals surface area contributed by atoms with Gasteiger partial charge in [0.25, 0.3) is 5.69 Å². The minimum absolute atomic E-state index is 0.0367. The van der Waals surface area contributed by atoms with Crippen molar-refractivity contribution in [3.8, 4) is 0 Å². The van der Waals surface area contributed by atoms with Crippen LogP contribution >= 0.6 is 0 Å². The van der Waals surface area contributed by atoms with Crippen LogP contribution in [0.5, 0.6) is 0 Å². The summed E-state index contributed by atoms with van der Waals surface area (Å²) in [5.41, 5.74) is 2.08. The van der Waals surface area contributed by atoms with E-state index in [1.54, 1.807) is 15.4 Å². The summed E-state index contributed by atoms with van der Waals surface area (Å²) in [4.78, 5) is 10.8. The highest BCUT2D eigenvalue weighted by Gasteiger charge is 2.19. The topological polar surface area (TPSA) is 78.8 Å². The lowest BCUT2D eigenvalue weighted by Gasteiger charge is -2.00. The van der Waals surface area contributed by atoms with Gasteiger partial charge in [-0.1, -0.05) is 12.6 Å². The molecule has 7 heteroatoms. The van der Waals surface area contributed by atoms with Crippen molar-refractivity contribution in [3.63, 3.8) is 0 Å². The highest BCUT2D eigenvalue weighted by molar-refractivity contribution is 5.94. The minimum Gasteiger partial charge on any atom is -0.275 e. The van der Waals surface area contributed by atoms with E-state index in [1.165, 1.54) is 12.1 Å². The van der Waals surface area contributed by atoms with Crippen molar-refractivity contribution >= 4 is 22.7 Å². The van der Waals surface area contributed by atoms with Crippen LogP contribution in [0, 0.1) is 10.1 Å². The average Bonchev–Trinajstić information content (AvgIpc) is 3.03. The molecule has 0 bridgehead atoms. The van der Waals surface area contributed by atoms with Gasteiger partial charge in [-0.3, -0.25) is 19.5 Å². The first-order chi connectivity index (χ1) is 10.1. The minimum atomic E-state index is -0.401. The fourth-order valence-electron chi connectivity index (χ4n) is 2.36. The first-order valence-electron chi connectivity index (χ1n) is 6.35. The lowest BCUT2D eigenvalue weighted by atomic mass is 10.1.